The summed E-state index contributed by atoms with van der Waals surface area (Å²) in [5, 5.41) is 11.2. The Bertz CT molecular complexity index is 898. The molecule has 0 spiro atoms. The van der Waals surface area contributed by atoms with Gasteiger partial charge in [-0.3, -0.25) is 10.1 Å². The molecule has 2 rings (SSSR count). The minimum atomic E-state index is -4.07. The van der Waals surface area contributed by atoms with Crippen LogP contribution in [0.3, 0.4) is 0 Å². The van der Waals surface area contributed by atoms with Gasteiger partial charge in [-0.25, -0.2) is 8.42 Å². The van der Waals surface area contributed by atoms with Crippen LogP contribution in [-0.4, -0.2) is 52.1 Å². The highest BCUT2D eigenvalue weighted by Crippen LogP contribution is 2.30. The third-order valence-corrected chi connectivity index (χ3v) is 5.69. The number of benzene rings is 2. The number of nitro groups is 1. The number of likely N-dealkylation sites (N-methyl/N-ethyl adjacent to an activating group) is 1. The lowest BCUT2D eigenvalue weighted by Crippen LogP contribution is -2.31. The summed E-state index contributed by atoms with van der Waals surface area (Å²) in [5.74, 6) is 1.43. The number of methoxy groups -OCH3 is 2. The van der Waals surface area contributed by atoms with Crippen LogP contribution in [0.4, 0.5) is 5.69 Å². The van der Waals surface area contributed by atoms with E-state index in [0.717, 1.165) is 16.4 Å². The summed E-state index contributed by atoms with van der Waals surface area (Å²) in [5.41, 5.74) is -0.544. The van der Waals surface area contributed by atoms with Gasteiger partial charge in [0, 0.05) is 13.6 Å². The van der Waals surface area contributed by atoms with E-state index in [2.05, 4.69) is 0 Å². The second-order valence-electron chi connectivity index (χ2n) is 5.44. The Hall–Kier alpha value is -2.85. The number of rotatable bonds is 9. The Kier molecular flexibility index (Phi) is 6.59. The first-order chi connectivity index (χ1) is 12.8. The first kappa shape index (κ1) is 20.5. The van der Waals surface area contributed by atoms with Gasteiger partial charge in [-0.2, -0.15) is 4.31 Å². The molecule has 0 unspecified atom stereocenters. The first-order valence-electron chi connectivity index (χ1n) is 7.85. The molecule has 2 aromatic rings. The molecule has 0 aromatic heterocycles. The molecule has 0 atom stereocenters. The fraction of sp³-hybridized carbons (Fsp3) is 0.294. The van der Waals surface area contributed by atoms with Crippen molar-refractivity contribution >= 4 is 15.7 Å². The van der Waals surface area contributed by atoms with Gasteiger partial charge in [0.15, 0.2) is 4.90 Å². The topological polar surface area (TPSA) is 108 Å². The van der Waals surface area contributed by atoms with Crippen molar-refractivity contribution < 1.29 is 27.6 Å². The minimum absolute atomic E-state index is 0.0115. The van der Waals surface area contributed by atoms with Gasteiger partial charge in [-0.15, -0.1) is 0 Å². The van der Waals surface area contributed by atoms with Crippen molar-refractivity contribution in [2.24, 2.45) is 0 Å². The van der Waals surface area contributed by atoms with Crippen molar-refractivity contribution in [3.8, 4) is 17.2 Å². The molecule has 146 valence electrons. The molecule has 0 heterocycles. The highest BCUT2D eigenvalue weighted by atomic mass is 32.2. The van der Waals surface area contributed by atoms with Gasteiger partial charge in [0.05, 0.1) is 25.2 Å². The molecular weight excluding hydrogens is 376 g/mol. The lowest BCUT2D eigenvalue weighted by Gasteiger charge is -2.17. The van der Waals surface area contributed by atoms with Crippen molar-refractivity contribution in [3.63, 3.8) is 0 Å². The monoisotopic (exact) mass is 396 g/mol. The lowest BCUT2D eigenvalue weighted by atomic mass is 10.3. The highest BCUT2D eigenvalue weighted by Gasteiger charge is 2.30. The number of hydrogen-bond donors (Lipinski definition) is 0. The average Bonchev–Trinajstić information content (AvgIpc) is 2.67. The van der Waals surface area contributed by atoms with E-state index in [9.17, 15) is 18.5 Å². The van der Waals surface area contributed by atoms with Crippen LogP contribution in [0, 0.1) is 10.1 Å². The number of ether oxygens (including phenoxy) is 3. The molecule has 0 aliphatic heterocycles. The molecule has 0 N–H and O–H groups in total. The van der Waals surface area contributed by atoms with Gasteiger partial charge >= 0.3 is 0 Å². The fourth-order valence-corrected chi connectivity index (χ4v) is 3.53. The lowest BCUT2D eigenvalue weighted by molar-refractivity contribution is -0.387. The van der Waals surface area contributed by atoms with Gasteiger partial charge < -0.3 is 14.2 Å². The number of nitro benzene ring substituents is 1. The summed E-state index contributed by atoms with van der Waals surface area (Å²) >= 11 is 0. The van der Waals surface area contributed by atoms with E-state index in [0.29, 0.717) is 11.5 Å². The molecule has 2 aromatic carbocycles. The van der Waals surface area contributed by atoms with Crippen LogP contribution in [0.5, 0.6) is 17.2 Å². The summed E-state index contributed by atoms with van der Waals surface area (Å²) in [4.78, 5) is 10.1. The van der Waals surface area contributed by atoms with Gasteiger partial charge in [0.2, 0.25) is 10.0 Å². The van der Waals surface area contributed by atoms with Crippen molar-refractivity contribution in [2.75, 3.05) is 34.4 Å². The van der Waals surface area contributed by atoms with Crippen LogP contribution in [0.25, 0.3) is 0 Å². The standard InChI is InChI=1S/C17H20N2O7S/c1-18(10-11-26-14-6-4-13(24-2)5-7-14)27(22,23)17-9-8-15(25-3)12-16(17)19(20)21/h4-9,12H,10-11H2,1-3H3. The summed E-state index contributed by atoms with van der Waals surface area (Å²) < 4.78 is 41.9. The number of nitrogens with zero attached hydrogens (tertiary/aromatic N) is 2. The van der Waals surface area contributed by atoms with E-state index >= 15 is 0 Å². The zero-order valence-electron chi connectivity index (χ0n) is 15.1. The molecule has 9 nitrogen and oxygen atoms in total. The molecule has 0 saturated carbocycles. The van der Waals surface area contributed by atoms with Crippen molar-refractivity contribution in [3.05, 3.63) is 52.6 Å². The smallest absolute Gasteiger partial charge is 0.293 e. The minimum Gasteiger partial charge on any atom is -0.497 e. The largest absolute Gasteiger partial charge is 0.497 e. The Balaban J connectivity index is 2.10. The van der Waals surface area contributed by atoms with E-state index in [1.165, 1.54) is 20.2 Å². The molecule has 0 aliphatic rings. The molecule has 0 amide bonds. The molecular formula is C17H20N2O7S. The van der Waals surface area contributed by atoms with Crippen LogP contribution < -0.4 is 14.2 Å². The Morgan fingerprint density at radius 3 is 2.11 bits per heavy atom. The SMILES string of the molecule is COc1ccc(OCCN(C)S(=O)(=O)c2ccc(OC)cc2[N+](=O)[O-])cc1. The molecule has 0 bridgehead atoms. The second-order valence-corrected chi connectivity index (χ2v) is 7.45. The van der Waals surface area contributed by atoms with Gasteiger partial charge in [-0.1, -0.05) is 0 Å². The van der Waals surface area contributed by atoms with E-state index in [4.69, 9.17) is 14.2 Å². The van der Waals surface area contributed by atoms with E-state index in [-0.39, 0.29) is 18.9 Å². The van der Waals surface area contributed by atoms with Crippen molar-refractivity contribution in [1.82, 2.24) is 4.31 Å². The molecule has 0 aliphatic carbocycles. The van der Waals surface area contributed by atoms with Gasteiger partial charge in [0.25, 0.3) is 5.69 Å². The average molecular weight is 396 g/mol. The van der Waals surface area contributed by atoms with Gasteiger partial charge in [0.1, 0.15) is 23.9 Å². The van der Waals surface area contributed by atoms with Crippen molar-refractivity contribution in [1.29, 1.82) is 0 Å². The van der Waals surface area contributed by atoms with E-state index in [1.54, 1.807) is 31.4 Å². The zero-order valence-corrected chi connectivity index (χ0v) is 15.9. The Labute approximate surface area is 157 Å². The van der Waals surface area contributed by atoms with Crippen LogP contribution in [0.2, 0.25) is 0 Å². The maximum absolute atomic E-state index is 12.7. The zero-order chi connectivity index (χ0) is 20.0. The fourth-order valence-electron chi connectivity index (χ4n) is 2.24. The number of hydrogen-bond acceptors (Lipinski definition) is 7. The molecule has 27 heavy (non-hydrogen) atoms. The predicted molar refractivity (Wildman–Crippen MR) is 98.0 cm³/mol. The Morgan fingerprint density at radius 1 is 1.00 bits per heavy atom. The molecule has 10 heteroatoms. The van der Waals surface area contributed by atoms with Crippen molar-refractivity contribution in [2.45, 2.75) is 4.90 Å². The van der Waals surface area contributed by atoms with Crippen LogP contribution in [-0.2, 0) is 10.0 Å². The summed E-state index contributed by atoms with van der Waals surface area (Å²) in [6.45, 7) is 0.0869. The third-order valence-electron chi connectivity index (χ3n) is 3.79. The second kappa shape index (κ2) is 8.69. The maximum atomic E-state index is 12.7. The molecule has 0 fully saturated rings. The van der Waals surface area contributed by atoms with Gasteiger partial charge in [-0.05, 0) is 36.4 Å². The van der Waals surface area contributed by atoms with E-state index in [1.807, 2.05) is 0 Å². The summed E-state index contributed by atoms with van der Waals surface area (Å²) in [6.07, 6.45) is 0. The number of sulfonamides is 1. The van der Waals surface area contributed by atoms with Crippen LogP contribution in [0.15, 0.2) is 47.4 Å². The normalized spacial score (nSPS) is 11.3. The first-order valence-corrected chi connectivity index (χ1v) is 9.29. The van der Waals surface area contributed by atoms with Crippen LogP contribution >= 0.6 is 0 Å². The van der Waals surface area contributed by atoms with Crippen LogP contribution in [0.1, 0.15) is 0 Å². The quantitative estimate of drug-likeness (QED) is 0.473. The maximum Gasteiger partial charge on any atom is 0.293 e. The summed E-state index contributed by atoms with van der Waals surface area (Å²) in [7, 11) is 0.158. The predicted octanol–water partition coefficient (Wildman–Crippen LogP) is 2.31. The highest BCUT2D eigenvalue weighted by molar-refractivity contribution is 7.89. The molecule has 0 radical (unpaired) electrons. The third kappa shape index (κ3) is 4.86. The van der Waals surface area contributed by atoms with E-state index < -0.39 is 25.5 Å². The molecule has 0 saturated heterocycles. The Morgan fingerprint density at radius 2 is 1.56 bits per heavy atom. The summed E-state index contributed by atoms with van der Waals surface area (Å²) in [6, 6.07) is 10.4.